The summed E-state index contributed by atoms with van der Waals surface area (Å²) in [4.78, 5) is 34.4. The van der Waals surface area contributed by atoms with Gasteiger partial charge >= 0.3 is 0 Å². The molecule has 1 aromatic carbocycles. The molecular weight excluding hydrogens is 400 g/mol. The average molecular weight is 423 g/mol. The molecule has 0 aliphatic carbocycles. The lowest BCUT2D eigenvalue weighted by molar-refractivity contribution is -0.118. The summed E-state index contributed by atoms with van der Waals surface area (Å²) in [7, 11) is 1.72. The van der Waals surface area contributed by atoms with Crippen LogP contribution in [0, 0.1) is 0 Å². The molecule has 2 N–H and O–H groups in total. The zero-order valence-corrected chi connectivity index (χ0v) is 17.7. The first kappa shape index (κ1) is 21.5. The van der Waals surface area contributed by atoms with Gasteiger partial charge in [-0.2, -0.15) is 0 Å². The van der Waals surface area contributed by atoms with Crippen LogP contribution in [0.2, 0.25) is 5.02 Å². The van der Waals surface area contributed by atoms with E-state index in [1.165, 1.54) is 0 Å². The number of benzene rings is 1. The van der Waals surface area contributed by atoms with E-state index in [0.717, 1.165) is 16.8 Å². The predicted molar refractivity (Wildman–Crippen MR) is 120 cm³/mol. The van der Waals surface area contributed by atoms with Crippen molar-refractivity contribution in [2.75, 3.05) is 17.7 Å². The van der Waals surface area contributed by atoms with Gasteiger partial charge in [0.05, 0.1) is 10.7 Å². The predicted octanol–water partition coefficient (Wildman–Crippen LogP) is 4.57. The van der Waals surface area contributed by atoms with E-state index in [9.17, 15) is 9.59 Å². The number of halogens is 1. The van der Waals surface area contributed by atoms with E-state index in [1.54, 1.807) is 48.6 Å². The van der Waals surface area contributed by atoms with Gasteiger partial charge in [0.15, 0.2) is 5.78 Å². The zero-order chi connectivity index (χ0) is 21.7. The van der Waals surface area contributed by atoms with Crippen molar-refractivity contribution in [1.82, 2.24) is 9.97 Å². The number of hydrogen-bond acceptors (Lipinski definition) is 5. The molecule has 2 aromatic heterocycles. The number of hydrogen-bond donors (Lipinski definition) is 1. The number of carbonyl (C=O) groups is 2. The van der Waals surface area contributed by atoms with Crippen LogP contribution in [0.1, 0.15) is 35.7 Å². The SMILES string of the molecule is CCC(=O)N(C)c1ccc(-c2ccc(C(=O)CCc3cccnc3N)cn2)c(Cl)c1. The molecule has 2 heterocycles. The van der Waals surface area contributed by atoms with E-state index in [4.69, 9.17) is 17.3 Å². The molecule has 0 fully saturated rings. The van der Waals surface area contributed by atoms with E-state index in [0.29, 0.717) is 41.4 Å². The van der Waals surface area contributed by atoms with Crippen LogP contribution >= 0.6 is 11.6 Å². The lowest BCUT2D eigenvalue weighted by atomic mass is 10.0. The summed E-state index contributed by atoms with van der Waals surface area (Å²) in [6.45, 7) is 1.81. The highest BCUT2D eigenvalue weighted by Crippen LogP contribution is 2.30. The number of Topliss-reactive ketones (excluding diaryl/α,β-unsaturated/α-hetero) is 1. The van der Waals surface area contributed by atoms with Gasteiger partial charge in [0.1, 0.15) is 5.82 Å². The van der Waals surface area contributed by atoms with Crippen molar-refractivity contribution in [3.8, 4) is 11.3 Å². The Morgan fingerprint density at radius 3 is 2.57 bits per heavy atom. The summed E-state index contributed by atoms with van der Waals surface area (Å²) in [5.74, 6) is 0.439. The van der Waals surface area contributed by atoms with Crippen molar-refractivity contribution >= 4 is 34.8 Å². The quantitative estimate of drug-likeness (QED) is 0.563. The van der Waals surface area contributed by atoms with Crippen molar-refractivity contribution in [2.24, 2.45) is 0 Å². The van der Waals surface area contributed by atoms with Crippen molar-refractivity contribution in [3.63, 3.8) is 0 Å². The van der Waals surface area contributed by atoms with E-state index in [1.807, 2.05) is 25.1 Å². The minimum Gasteiger partial charge on any atom is -0.383 e. The van der Waals surface area contributed by atoms with Crippen LogP contribution in [0.15, 0.2) is 54.9 Å². The summed E-state index contributed by atoms with van der Waals surface area (Å²) in [5.41, 5.74) is 9.33. The van der Waals surface area contributed by atoms with E-state index in [2.05, 4.69) is 9.97 Å². The molecule has 6 nitrogen and oxygen atoms in total. The number of ketones is 1. The van der Waals surface area contributed by atoms with Crippen molar-refractivity contribution < 1.29 is 9.59 Å². The summed E-state index contributed by atoms with van der Waals surface area (Å²) in [6.07, 6.45) is 4.45. The number of nitrogens with two attached hydrogens (primary N) is 1. The second-order valence-electron chi connectivity index (χ2n) is 6.87. The van der Waals surface area contributed by atoms with E-state index >= 15 is 0 Å². The molecule has 0 aliphatic heterocycles. The zero-order valence-electron chi connectivity index (χ0n) is 16.9. The Hall–Kier alpha value is -3.25. The number of rotatable bonds is 7. The summed E-state index contributed by atoms with van der Waals surface area (Å²) < 4.78 is 0. The second kappa shape index (κ2) is 9.50. The van der Waals surface area contributed by atoms with Crippen LogP contribution in [-0.2, 0) is 11.2 Å². The number of aryl methyl sites for hydroxylation is 1. The highest BCUT2D eigenvalue weighted by Gasteiger charge is 2.13. The third kappa shape index (κ3) is 4.83. The first-order chi connectivity index (χ1) is 14.4. The average Bonchev–Trinajstić information content (AvgIpc) is 2.77. The molecule has 30 heavy (non-hydrogen) atoms. The molecule has 7 heteroatoms. The topological polar surface area (TPSA) is 89.2 Å². The maximum atomic E-state index is 12.5. The molecule has 0 saturated heterocycles. The van der Waals surface area contributed by atoms with Crippen molar-refractivity contribution in [1.29, 1.82) is 0 Å². The molecule has 0 unspecified atom stereocenters. The minimum absolute atomic E-state index is 0.00727. The lowest BCUT2D eigenvalue weighted by Crippen LogP contribution is -2.24. The molecule has 0 bridgehead atoms. The van der Waals surface area contributed by atoms with Gasteiger partial charge in [0, 0.05) is 49.1 Å². The molecule has 3 rings (SSSR count). The Bertz CT molecular complexity index is 1070. The molecule has 0 atom stereocenters. The largest absolute Gasteiger partial charge is 0.383 e. The molecule has 0 aliphatic rings. The molecular formula is C23H23ClN4O2. The van der Waals surface area contributed by atoms with Crippen LogP contribution in [0.4, 0.5) is 11.5 Å². The molecule has 1 amide bonds. The molecule has 154 valence electrons. The smallest absolute Gasteiger partial charge is 0.226 e. The van der Waals surface area contributed by atoms with Crippen LogP contribution < -0.4 is 10.6 Å². The highest BCUT2D eigenvalue weighted by atomic mass is 35.5. The number of carbonyl (C=O) groups excluding carboxylic acids is 2. The van der Waals surface area contributed by atoms with E-state index < -0.39 is 0 Å². The number of aromatic nitrogens is 2. The Morgan fingerprint density at radius 1 is 1.13 bits per heavy atom. The normalized spacial score (nSPS) is 10.6. The molecule has 0 spiro atoms. The van der Waals surface area contributed by atoms with Gasteiger partial charge in [-0.1, -0.05) is 24.6 Å². The Labute approximate surface area is 180 Å². The van der Waals surface area contributed by atoms with Gasteiger partial charge in [-0.05, 0) is 48.4 Å². The number of nitrogens with zero attached hydrogens (tertiary/aromatic N) is 3. The number of anilines is 2. The van der Waals surface area contributed by atoms with Gasteiger partial charge in [-0.3, -0.25) is 14.6 Å². The highest BCUT2D eigenvalue weighted by molar-refractivity contribution is 6.33. The van der Waals surface area contributed by atoms with Crippen LogP contribution in [0.25, 0.3) is 11.3 Å². The number of amides is 1. The van der Waals surface area contributed by atoms with Gasteiger partial charge in [-0.15, -0.1) is 0 Å². The first-order valence-corrected chi connectivity index (χ1v) is 10.0. The van der Waals surface area contributed by atoms with Crippen LogP contribution in [-0.4, -0.2) is 28.7 Å². The van der Waals surface area contributed by atoms with Crippen molar-refractivity contribution in [3.05, 3.63) is 71.0 Å². The Morgan fingerprint density at radius 2 is 1.93 bits per heavy atom. The first-order valence-electron chi connectivity index (χ1n) is 9.65. The van der Waals surface area contributed by atoms with Gasteiger partial charge in [0.2, 0.25) is 5.91 Å². The standard InChI is InChI=1S/C23H23ClN4O2/c1-3-22(30)28(2)17-8-9-18(19(24)13-17)20-10-6-16(14-27-20)21(29)11-7-15-5-4-12-26-23(15)25/h4-6,8-10,12-14H,3,7,11H2,1-2H3,(H2,25,26). The third-order valence-electron chi connectivity index (χ3n) is 4.93. The monoisotopic (exact) mass is 422 g/mol. The maximum Gasteiger partial charge on any atom is 0.226 e. The summed E-state index contributed by atoms with van der Waals surface area (Å²) in [5, 5.41) is 0.488. The van der Waals surface area contributed by atoms with Crippen molar-refractivity contribution in [2.45, 2.75) is 26.2 Å². The lowest BCUT2D eigenvalue weighted by Gasteiger charge is -2.17. The van der Waals surface area contributed by atoms with Gasteiger partial charge in [0.25, 0.3) is 0 Å². The number of nitrogen functional groups attached to an aromatic ring is 1. The fourth-order valence-corrected chi connectivity index (χ4v) is 3.35. The Balaban J connectivity index is 1.71. The molecule has 0 radical (unpaired) electrons. The Kier molecular flexibility index (Phi) is 6.79. The fourth-order valence-electron chi connectivity index (χ4n) is 3.07. The fraction of sp³-hybridized carbons (Fsp3) is 0.217. The summed E-state index contributed by atoms with van der Waals surface area (Å²) >= 11 is 6.43. The van der Waals surface area contributed by atoms with E-state index in [-0.39, 0.29) is 11.7 Å². The number of pyridine rings is 2. The van der Waals surface area contributed by atoms with Gasteiger partial charge in [-0.25, -0.2) is 4.98 Å². The minimum atomic E-state index is -0.0153. The summed E-state index contributed by atoms with van der Waals surface area (Å²) in [6, 6.07) is 12.6. The van der Waals surface area contributed by atoms with Gasteiger partial charge < -0.3 is 10.6 Å². The maximum absolute atomic E-state index is 12.5. The molecule has 0 saturated carbocycles. The molecule has 3 aromatic rings. The third-order valence-corrected chi connectivity index (χ3v) is 5.24. The van der Waals surface area contributed by atoms with Crippen LogP contribution in [0.3, 0.4) is 0 Å². The van der Waals surface area contributed by atoms with Crippen LogP contribution in [0.5, 0.6) is 0 Å². The second-order valence-corrected chi connectivity index (χ2v) is 7.28.